The summed E-state index contributed by atoms with van der Waals surface area (Å²) in [4.78, 5) is 26.0. The van der Waals surface area contributed by atoms with Crippen LogP contribution in [0.5, 0.6) is 5.75 Å². The van der Waals surface area contributed by atoms with Gasteiger partial charge in [-0.3, -0.25) is 14.5 Å². The van der Waals surface area contributed by atoms with Crippen molar-refractivity contribution >= 4 is 11.9 Å². The van der Waals surface area contributed by atoms with Gasteiger partial charge in [-0.2, -0.15) is 0 Å². The van der Waals surface area contributed by atoms with Crippen LogP contribution < -0.4 is 4.74 Å². The van der Waals surface area contributed by atoms with Gasteiger partial charge >= 0.3 is 11.9 Å². The molecule has 3 atom stereocenters. The molecule has 198 valence electrons. The van der Waals surface area contributed by atoms with Crippen LogP contribution in [0.4, 0.5) is 0 Å². The van der Waals surface area contributed by atoms with Crippen LogP contribution in [0.25, 0.3) is 0 Å². The van der Waals surface area contributed by atoms with E-state index in [1.54, 1.807) is 0 Å². The number of carboxylic acid groups (broad SMARTS) is 1. The Labute approximate surface area is 217 Å². The van der Waals surface area contributed by atoms with Crippen molar-refractivity contribution in [3.05, 3.63) is 29.3 Å². The molecule has 3 fully saturated rings. The molecule has 2 bridgehead atoms. The molecule has 0 amide bonds. The second-order valence-corrected chi connectivity index (χ2v) is 12.1. The van der Waals surface area contributed by atoms with Gasteiger partial charge in [-0.25, -0.2) is 0 Å². The van der Waals surface area contributed by atoms with Gasteiger partial charge in [-0.1, -0.05) is 51.0 Å². The van der Waals surface area contributed by atoms with Crippen molar-refractivity contribution in [1.29, 1.82) is 0 Å². The van der Waals surface area contributed by atoms with Crippen LogP contribution in [-0.4, -0.2) is 41.1 Å². The third-order valence-electron chi connectivity index (χ3n) is 9.89. The molecule has 1 aromatic carbocycles. The largest absolute Gasteiger partial charge is 0.481 e. The fourth-order valence-corrected chi connectivity index (χ4v) is 7.80. The van der Waals surface area contributed by atoms with Crippen LogP contribution >= 0.6 is 0 Å². The predicted octanol–water partition coefficient (Wildman–Crippen LogP) is 6.66. The van der Waals surface area contributed by atoms with Gasteiger partial charge in [0.1, 0.15) is 5.75 Å². The van der Waals surface area contributed by atoms with E-state index < -0.39 is 5.97 Å². The Kier molecular flexibility index (Phi) is 8.35. The lowest BCUT2D eigenvalue weighted by atomic mass is 9.52. The third kappa shape index (κ3) is 5.66. The van der Waals surface area contributed by atoms with Crippen molar-refractivity contribution in [2.24, 2.45) is 11.8 Å². The van der Waals surface area contributed by atoms with Crippen molar-refractivity contribution in [3.8, 4) is 5.75 Å². The number of carbonyl (C=O) groups is 2. The standard InChI is InChI=1S/C31H45NO4/c33-29(34)13-5-3-1-2-4-6-14-30(35)36-25-16-15-24-20-28-26-12-7-8-17-31(26,27(24)21-25)18-19-32(28)22-23-10-9-11-23/h15-16,21,23,26,28H,1-14,17-20,22H2,(H,33,34)/t26-,28-,31-/m0/s1. The molecule has 1 aliphatic heterocycles. The van der Waals surface area contributed by atoms with E-state index in [4.69, 9.17) is 9.84 Å². The maximum Gasteiger partial charge on any atom is 0.311 e. The van der Waals surface area contributed by atoms with Gasteiger partial charge in [0.05, 0.1) is 0 Å². The van der Waals surface area contributed by atoms with Crippen molar-refractivity contribution in [1.82, 2.24) is 4.90 Å². The number of likely N-dealkylation sites (tertiary alicyclic amines) is 1. The lowest BCUT2D eigenvalue weighted by Crippen LogP contribution is -2.61. The lowest BCUT2D eigenvalue weighted by Gasteiger charge is -2.59. The van der Waals surface area contributed by atoms with E-state index in [0.717, 1.165) is 62.5 Å². The molecule has 5 heteroatoms. The van der Waals surface area contributed by atoms with Crippen LogP contribution in [0.2, 0.25) is 0 Å². The smallest absolute Gasteiger partial charge is 0.311 e. The van der Waals surface area contributed by atoms with Crippen LogP contribution in [0, 0.1) is 11.8 Å². The highest BCUT2D eigenvalue weighted by Crippen LogP contribution is 2.56. The molecular weight excluding hydrogens is 450 g/mol. The highest BCUT2D eigenvalue weighted by atomic mass is 16.5. The number of rotatable bonds is 12. The highest BCUT2D eigenvalue weighted by Gasteiger charge is 2.54. The first-order chi connectivity index (χ1) is 17.5. The van der Waals surface area contributed by atoms with Gasteiger partial charge in [-0.15, -0.1) is 0 Å². The first-order valence-electron chi connectivity index (χ1n) is 14.8. The van der Waals surface area contributed by atoms with E-state index in [9.17, 15) is 9.59 Å². The molecule has 1 N–H and O–H groups in total. The van der Waals surface area contributed by atoms with E-state index in [0.29, 0.717) is 12.5 Å². The van der Waals surface area contributed by atoms with Crippen LogP contribution in [0.15, 0.2) is 18.2 Å². The zero-order chi connectivity index (χ0) is 25.0. The maximum absolute atomic E-state index is 12.6. The number of carbonyl (C=O) groups excluding carboxylic acids is 1. The number of hydrogen-bond acceptors (Lipinski definition) is 4. The molecule has 0 aromatic heterocycles. The van der Waals surface area contributed by atoms with Crippen molar-refractivity contribution < 1.29 is 19.4 Å². The number of benzene rings is 1. The summed E-state index contributed by atoms with van der Waals surface area (Å²) in [5.41, 5.74) is 3.29. The Morgan fingerprint density at radius 1 is 0.944 bits per heavy atom. The molecule has 4 aliphatic rings. The summed E-state index contributed by atoms with van der Waals surface area (Å²) in [5.74, 6) is 1.59. The number of carboxylic acids is 1. The minimum atomic E-state index is -0.715. The van der Waals surface area contributed by atoms with E-state index in [-0.39, 0.29) is 17.8 Å². The zero-order valence-electron chi connectivity index (χ0n) is 22.0. The predicted molar refractivity (Wildman–Crippen MR) is 141 cm³/mol. The number of ether oxygens (including phenoxy) is 1. The SMILES string of the molecule is O=C(O)CCCCCCCCC(=O)Oc1ccc2c(c1)[C@]13CCCC[C@H]1[C@H](C2)N(CC1CCC1)CC3. The Balaban J connectivity index is 1.16. The molecule has 1 heterocycles. The minimum absolute atomic E-state index is 0.123. The Morgan fingerprint density at radius 3 is 2.47 bits per heavy atom. The number of nitrogens with zero attached hydrogens (tertiary/aromatic N) is 1. The molecule has 5 nitrogen and oxygen atoms in total. The van der Waals surface area contributed by atoms with Crippen molar-refractivity contribution in [2.45, 2.75) is 121 Å². The summed E-state index contributed by atoms with van der Waals surface area (Å²) < 4.78 is 5.85. The van der Waals surface area contributed by atoms with Gasteiger partial charge in [0.2, 0.25) is 0 Å². The topological polar surface area (TPSA) is 66.8 Å². The van der Waals surface area contributed by atoms with Gasteiger partial charge < -0.3 is 9.84 Å². The number of esters is 1. The van der Waals surface area contributed by atoms with Crippen LogP contribution in [-0.2, 0) is 21.4 Å². The fraction of sp³-hybridized carbons (Fsp3) is 0.742. The second kappa shape index (κ2) is 11.7. The van der Waals surface area contributed by atoms with Gasteiger partial charge in [0.15, 0.2) is 0 Å². The Morgan fingerprint density at radius 2 is 1.72 bits per heavy atom. The first kappa shape index (κ1) is 25.8. The van der Waals surface area contributed by atoms with Crippen LogP contribution in [0.1, 0.15) is 114 Å². The van der Waals surface area contributed by atoms with Crippen molar-refractivity contribution in [2.75, 3.05) is 13.1 Å². The molecule has 1 saturated heterocycles. The number of piperidine rings is 1. The van der Waals surface area contributed by atoms with Gasteiger partial charge in [-0.05, 0) is 93.0 Å². The molecule has 1 aromatic rings. The summed E-state index contributed by atoms with van der Waals surface area (Å²) in [7, 11) is 0. The third-order valence-corrected chi connectivity index (χ3v) is 9.89. The molecule has 0 unspecified atom stereocenters. The average Bonchev–Trinajstić information content (AvgIpc) is 2.84. The van der Waals surface area contributed by atoms with Gasteiger partial charge in [0.25, 0.3) is 0 Å². The van der Waals surface area contributed by atoms with Gasteiger partial charge in [0, 0.05) is 30.8 Å². The fourth-order valence-electron chi connectivity index (χ4n) is 7.80. The first-order valence-corrected chi connectivity index (χ1v) is 14.8. The Bertz CT molecular complexity index is 925. The molecule has 0 radical (unpaired) electrons. The summed E-state index contributed by atoms with van der Waals surface area (Å²) >= 11 is 0. The molecule has 2 saturated carbocycles. The number of aliphatic carboxylic acids is 1. The molecule has 0 spiro atoms. The van der Waals surface area contributed by atoms with Crippen LogP contribution in [0.3, 0.4) is 0 Å². The Hall–Kier alpha value is -1.88. The summed E-state index contributed by atoms with van der Waals surface area (Å²) in [6.45, 7) is 2.54. The molecule has 3 aliphatic carbocycles. The second-order valence-electron chi connectivity index (χ2n) is 12.1. The molecule has 36 heavy (non-hydrogen) atoms. The minimum Gasteiger partial charge on any atom is -0.481 e. The normalized spacial score (nSPS) is 27.6. The average molecular weight is 496 g/mol. The number of unbranched alkanes of at least 4 members (excludes halogenated alkanes) is 5. The van der Waals surface area contributed by atoms with E-state index in [2.05, 4.69) is 17.0 Å². The van der Waals surface area contributed by atoms with E-state index in [1.165, 1.54) is 75.6 Å². The number of hydrogen-bond donors (Lipinski definition) is 1. The van der Waals surface area contributed by atoms with Crippen molar-refractivity contribution in [3.63, 3.8) is 0 Å². The molecular formula is C31H45NO4. The monoisotopic (exact) mass is 495 g/mol. The maximum atomic E-state index is 12.6. The molecule has 5 rings (SSSR count). The zero-order valence-corrected chi connectivity index (χ0v) is 22.0. The number of fused-ring (bicyclic) bond motifs is 1. The summed E-state index contributed by atoms with van der Waals surface area (Å²) in [6, 6.07) is 7.24. The van der Waals surface area contributed by atoms with E-state index in [1.807, 2.05) is 6.07 Å². The quantitative estimate of drug-likeness (QED) is 0.200. The lowest BCUT2D eigenvalue weighted by molar-refractivity contribution is -0.137. The summed E-state index contributed by atoms with van der Waals surface area (Å²) in [6.07, 6.45) is 18.4. The summed E-state index contributed by atoms with van der Waals surface area (Å²) in [5, 5.41) is 8.70. The van der Waals surface area contributed by atoms with E-state index >= 15 is 0 Å². The highest BCUT2D eigenvalue weighted by molar-refractivity contribution is 5.72.